The highest BCUT2D eigenvalue weighted by atomic mass is 32.1. The lowest BCUT2D eigenvalue weighted by molar-refractivity contribution is -0.122. The van der Waals surface area contributed by atoms with Crippen molar-refractivity contribution in [2.75, 3.05) is 19.4 Å². The summed E-state index contributed by atoms with van der Waals surface area (Å²) in [7, 11) is 3.92. The largest absolute Gasteiger partial charge is 0.331 e. The Hall–Kier alpha value is -2.44. The molecule has 2 aromatic rings. The number of carbonyl (C=O) groups is 1. The summed E-state index contributed by atoms with van der Waals surface area (Å²) in [6.45, 7) is 0. The second kappa shape index (κ2) is 9.00. The smallest absolute Gasteiger partial charge is 0.240 e. The standard InChI is InChI=1S/C18H22N4OS/c1-22(2)16(14-9-5-3-6-10-14)13-17(23)20-21-18(24)19-15-11-7-4-8-12-15/h3-12,16H,13H2,1-2H3,(H,20,23)(H2,19,21,24)/t16-/m0/s1. The van der Waals surface area contributed by atoms with E-state index in [2.05, 4.69) is 16.2 Å². The Bertz CT molecular complexity index is 661. The SMILES string of the molecule is CN(C)[C@@H](CC(=O)NNC(=S)Nc1ccccc1)c1ccccc1. The molecule has 0 fully saturated rings. The summed E-state index contributed by atoms with van der Waals surface area (Å²) in [6.07, 6.45) is 0.331. The van der Waals surface area contributed by atoms with E-state index in [0.717, 1.165) is 11.3 Å². The average molecular weight is 342 g/mol. The van der Waals surface area contributed by atoms with Gasteiger partial charge in [0.1, 0.15) is 0 Å². The van der Waals surface area contributed by atoms with Crippen molar-refractivity contribution >= 4 is 28.9 Å². The van der Waals surface area contributed by atoms with Crippen LogP contribution in [0.2, 0.25) is 0 Å². The van der Waals surface area contributed by atoms with Crippen LogP contribution in [0.4, 0.5) is 5.69 Å². The summed E-state index contributed by atoms with van der Waals surface area (Å²) >= 11 is 5.17. The van der Waals surface area contributed by atoms with Crippen LogP contribution in [-0.4, -0.2) is 30.0 Å². The van der Waals surface area contributed by atoms with E-state index in [9.17, 15) is 4.79 Å². The monoisotopic (exact) mass is 342 g/mol. The molecule has 0 heterocycles. The van der Waals surface area contributed by atoms with Crippen LogP contribution in [0.3, 0.4) is 0 Å². The fourth-order valence-corrected chi connectivity index (χ4v) is 2.48. The number of hydrazine groups is 1. The summed E-state index contributed by atoms with van der Waals surface area (Å²) in [6, 6.07) is 19.5. The molecule has 0 radical (unpaired) electrons. The van der Waals surface area contributed by atoms with Gasteiger partial charge in [-0.3, -0.25) is 15.6 Å². The molecule has 0 aliphatic heterocycles. The highest BCUT2D eigenvalue weighted by Gasteiger charge is 2.18. The third kappa shape index (κ3) is 5.64. The molecule has 0 unspecified atom stereocenters. The molecule has 6 heteroatoms. The maximum Gasteiger partial charge on any atom is 0.240 e. The van der Waals surface area contributed by atoms with Crippen molar-refractivity contribution in [2.24, 2.45) is 0 Å². The molecule has 2 rings (SSSR count). The van der Waals surface area contributed by atoms with E-state index in [1.165, 1.54) is 0 Å². The molecular weight excluding hydrogens is 320 g/mol. The molecule has 0 spiro atoms. The molecule has 0 aliphatic carbocycles. The van der Waals surface area contributed by atoms with Crippen molar-refractivity contribution < 1.29 is 4.79 Å². The lowest BCUT2D eigenvalue weighted by atomic mass is 10.0. The van der Waals surface area contributed by atoms with E-state index in [-0.39, 0.29) is 11.9 Å². The maximum absolute atomic E-state index is 12.2. The predicted octanol–water partition coefficient (Wildman–Crippen LogP) is 2.70. The van der Waals surface area contributed by atoms with Crippen LogP contribution in [0.15, 0.2) is 60.7 Å². The van der Waals surface area contributed by atoms with Crippen LogP contribution in [0.25, 0.3) is 0 Å². The number of thiocarbonyl (C=S) groups is 1. The summed E-state index contributed by atoms with van der Waals surface area (Å²) in [5.74, 6) is -0.130. The van der Waals surface area contributed by atoms with Gasteiger partial charge in [0.05, 0.1) is 0 Å². The number of anilines is 1. The topological polar surface area (TPSA) is 56.4 Å². The van der Waals surface area contributed by atoms with Gasteiger partial charge >= 0.3 is 0 Å². The van der Waals surface area contributed by atoms with Gasteiger partial charge in [-0.05, 0) is 44.0 Å². The number of benzene rings is 2. The summed E-state index contributed by atoms with van der Waals surface area (Å²) in [5.41, 5.74) is 7.33. The zero-order valence-corrected chi connectivity index (χ0v) is 14.6. The molecule has 126 valence electrons. The molecule has 0 saturated carbocycles. The Labute approximate surface area is 148 Å². The molecule has 3 N–H and O–H groups in total. The molecule has 0 aromatic heterocycles. The summed E-state index contributed by atoms with van der Waals surface area (Å²) in [5, 5.41) is 3.34. The number of hydrogen-bond donors (Lipinski definition) is 3. The van der Waals surface area contributed by atoms with E-state index in [1.54, 1.807) is 0 Å². The normalized spacial score (nSPS) is 11.6. The quantitative estimate of drug-likeness (QED) is 0.576. The molecule has 0 saturated heterocycles. The number of hydrogen-bond acceptors (Lipinski definition) is 3. The Morgan fingerprint density at radius 3 is 2.17 bits per heavy atom. The van der Waals surface area contributed by atoms with E-state index < -0.39 is 0 Å². The van der Waals surface area contributed by atoms with E-state index in [4.69, 9.17) is 12.2 Å². The fourth-order valence-electron chi connectivity index (χ4n) is 2.31. The molecule has 0 bridgehead atoms. The lowest BCUT2D eigenvalue weighted by Gasteiger charge is -2.24. The van der Waals surface area contributed by atoms with Crippen LogP contribution >= 0.6 is 12.2 Å². The molecule has 0 aliphatic rings. The van der Waals surface area contributed by atoms with Gasteiger partial charge in [-0.25, -0.2) is 0 Å². The average Bonchev–Trinajstić information content (AvgIpc) is 2.59. The lowest BCUT2D eigenvalue weighted by Crippen LogP contribution is -2.44. The first-order chi connectivity index (χ1) is 11.6. The van der Waals surface area contributed by atoms with Gasteiger partial charge in [-0.1, -0.05) is 48.5 Å². The van der Waals surface area contributed by atoms with Gasteiger partial charge in [0, 0.05) is 18.2 Å². The molecule has 1 atom stereocenters. The maximum atomic E-state index is 12.2. The van der Waals surface area contributed by atoms with E-state index in [1.807, 2.05) is 79.7 Å². The summed E-state index contributed by atoms with van der Waals surface area (Å²) in [4.78, 5) is 14.2. The van der Waals surface area contributed by atoms with Crippen molar-refractivity contribution in [3.63, 3.8) is 0 Å². The van der Waals surface area contributed by atoms with Gasteiger partial charge in [0.25, 0.3) is 0 Å². The minimum absolute atomic E-state index is 0.00338. The molecule has 2 aromatic carbocycles. The van der Waals surface area contributed by atoms with Crippen molar-refractivity contribution in [1.82, 2.24) is 15.8 Å². The third-order valence-electron chi connectivity index (χ3n) is 3.53. The number of nitrogens with zero attached hydrogens (tertiary/aromatic N) is 1. The van der Waals surface area contributed by atoms with Gasteiger partial charge in [0.15, 0.2) is 5.11 Å². The van der Waals surface area contributed by atoms with Crippen molar-refractivity contribution in [3.8, 4) is 0 Å². The van der Waals surface area contributed by atoms with Gasteiger partial charge < -0.3 is 10.2 Å². The minimum atomic E-state index is -0.130. The summed E-state index contributed by atoms with van der Waals surface area (Å²) < 4.78 is 0. The van der Waals surface area contributed by atoms with Gasteiger partial charge in [-0.15, -0.1) is 0 Å². The number of para-hydroxylation sites is 1. The first kappa shape index (κ1) is 17.9. The van der Waals surface area contributed by atoms with Crippen molar-refractivity contribution in [2.45, 2.75) is 12.5 Å². The third-order valence-corrected chi connectivity index (χ3v) is 3.74. The fraction of sp³-hybridized carbons (Fsp3) is 0.222. The molecule has 1 amide bonds. The highest BCUT2D eigenvalue weighted by molar-refractivity contribution is 7.80. The Kier molecular flexibility index (Phi) is 6.72. The minimum Gasteiger partial charge on any atom is -0.331 e. The van der Waals surface area contributed by atoms with Crippen molar-refractivity contribution in [1.29, 1.82) is 0 Å². The Balaban J connectivity index is 1.84. The Morgan fingerprint density at radius 2 is 1.58 bits per heavy atom. The predicted molar refractivity (Wildman–Crippen MR) is 101 cm³/mol. The van der Waals surface area contributed by atoms with E-state index >= 15 is 0 Å². The van der Waals surface area contributed by atoms with Crippen molar-refractivity contribution in [3.05, 3.63) is 66.2 Å². The second-order valence-electron chi connectivity index (χ2n) is 5.59. The van der Waals surface area contributed by atoms with Crippen LogP contribution < -0.4 is 16.2 Å². The number of amides is 1. The Morgan fingerprint density at radius 1 is 1.00 bits per heavy atom. The zero-order valence-electron chi connectivity index (χ0n) is 13.8. The number of rotatable bonds is 5. The second-order valence-corrected chi connectivity index (χ2v) is 6.00. The van der Waals surface area contributed by atoms with Crippen LogP contribution in [0.5, 0.6) is 0 Å². The number of carbonyl (C=O) groups excluding carboxylic acids is 1. The van der Waals surface area contributed by atoms with Gasteiger partial charge in [-0.2, -0.15) is 0 Å². The first-order valence-electron chi connectivity index (χ1n) is 7.68. The molecule has 24 heavy (non-hydrogen) atoms. The van der Waals surface area contributed by atoms with Crippen LogP contribution in [0.1, 0.15) is 18.0 Å². The zero-order chi connectivity index (χ0) is 17.4. The molecule has 5 nitrogen and oxygen atoms in total. The first-order valence-corrected chi connectivity index (χ1v) is 8.09. The van der Waals surface area contributed by atoms with Gasteiger partial charge in [0.2, 0.25) is 5.91 Å². The number of nitrogens with one attached hydrogen (secondary N) is 3. The van der Waals surface area contributed by atoms with E-state index in [0.29, 0.717) is 11.5 Å². The van der Waals surface area contributed by atoms with Crippen LogP contribution in [-0.2, 0) is 4.79 Å². The highest BCUT2D eigenvalue weighted by Crippen LogP contribution is 2.21. The molecular formula is C18H22N4OS. The van der Waals surface area contributed by atoms with Crippen LogP contribution in [0, 0.1) is 0 Å².